The van der Waals surface area contributed by atoms with Crippen LogP contribution in [0.15, 0.2) is 30.3 Å². The van der Waals surface area contributed by atoms with Gasteiger partial charge in [-0.3, -0.25) is 4.79 Å². The summed E-state index contributed by atoms with van der Waals surface area (Å²) in [5, 5.41) is 4.13. The van der Waals surface area contributed by atoms with Gasteiger partial charge in [0, 0.05) is 31.1 Å². The van der Waals surface area contributed by atoms with Crippen molar-refractivity contribution in [3.05, 3.63) is 58.4 Å². The first-order valence-electron chi connectivity index (χ1n) is 12.6. The molecule has 1 fully saturated rings. The summed E-state index contributed by atoms with van der Waals surface area (Å²) in [6, 6.07) is 7.29. The van der Waals surface area contributed by atoms with Crippen LogP contribution in [0.1, 0.15) is 72.6 Å². The fraction of sp³-hybridized carbons (Fsp3) is 0.464. The average Bonchev–Trinajstić information content (AvgIpc) is 2.82. The number of hydrogen-bond acceptors (Lipinski definition) is 5. The number of benzene rings is 2. The number of anilines is 2. The molecule has 0 unspecified atom stereocenters. The molecule has 0 bridgehead atoms. The molecule has 4 rings (SSSR count). The number of carbonyl (C=O) groups excluding carboxylic acids is 1. The molecular formula is C28H34F3N5O. The molecule has 1 saturated carbocycles. The third kappa shape index (κ3) is 5.81. The lowest BCUT2D eigenvalue weighted by atomic mass is 9.77. The van der Waals surface area contributed by atoms with E-state index in [0.717, 1.165) is 54.3 Å². The molecule has 1 heterocycles. The van der Waals surface area contributed by atoms with Crippen molar-refractivity contribution in [1.29, 1.82) is 0 Å². The van der Waals surface area contributed by atoms with Crippen molar-refractivity contribution >= 4 is 28.3 Å². The zero-order chi connectivity index (χ0) is 27.1. The van der Waals surface area contributed by atoms with Crippen molar-refractivity contribution in [1.82, 2.24) is 14.9 Å². The third-order valence-electron chi connectivity index (χ3n) is 7.31. The second-order valence-corrected chi connectivity index (χ2v) is 10.4. The van der Waals surface area contributed by atoms with Crippen LogP contribution in [0.25, 0.3) is 10.9 Å². The third-order valence-corrected chi connectivity index (χ3v) is 7.31. The van der Waals surface area contributed by atoms with Gasteiger partial charge in [-0.15, -0.1) is 0 Å². The van der Waals surface area contributed by atoms with Crippen LogP contribution in [0.3, 0.4) is 0 Å². The SMILES string of the molecule is Cc1nc(N[C@@H](C)c2cc(N)cc(C(F)(F)F)c2)c2cc(C3CCC(C(=O)N(C)C)CC3)c(C)cc2n1. The number of nitrogens with one attached hydrogen (secondary N) is 1. The lowest BCUT2D eigenvalue weighted by molar-refractivity contribution is -0.137. The standard InChI is InChI=1S/C28H34F3N5O/c1-15-10-25-24(14-23(15)18-6-8-19(9-7-18)27(37)36(4)5)26(35-17(3)34-25)33-16(2)20-11-21(28(29,30)31)13-22(32)12-20/h10-14,16,18-19H,6-9,32H2,1-5H3,(H,33,34,35)/t16-,18?,19?/m0/s1. The maximum atomic E-state index is 13.3. The van der Waals surface area contributed by atoms with Gasteiger partial charge in [0.15, 0.2) is 0 Å². The number of nitrogens with zero attached hydrogens (tertiary/aromatic N) is 3. The number of nitrogen functional groups attached to an aromatic ring is 1. The Morgan fingerprint density at radius 2 is 1.73 bits per heavy atom. The summed E-state index contributed by atoms with van der Waals surface area (Å²) < 4.78 is 40.0. The fourth-order valence-corrected chi connectivity index (χ4v) is 5.36. The minimum atomic E-state index is -4.48. The normalized spacial score (nSPS) is 19.0. The fourth-order valence-electron chi connectivity index (χ4n) is 5.36. The lowest BCUT2D eigenvalue weighted by Crippen LogP contribution is -2.32. The smallest absolute Gasteiger partial charge is 0.399 e. The molecule has 1 aromatic heterocycles. The lowest BCUT2D eigenvalue weighted by Gasteiger charge is -2.30. The van der Waals surface area contributed by atoms with E-state index < -0.39 is 17.8 Å². The van der Waals surface area contributed by atoms with Gasteiger partial charge >= 0.3 is 6.18 Å². The molecule has 9 heteroatoms. The Bertz CT molecular complexity index is 1310. The van der Waals surface area contributed by atoms with Crippen molar-refractivity contribution in [2.75, 3.05) is 25.1 Å². The maximum absolute atomic E-state index is 13.3. The number of fused-ring (bicyclic) bond motifs is 1. The topological polar surface area (TPSA) is 84.1 Å². The number of rotatable bonds is 5. The molecule has 0 spiro atoms. The van der Waals surface area contributed by atoms with Crippen molar-refractivity contribution in [2.24, 2.45) is 5.92 Å². The molecule has 2 aromatic carbocycles. The molecule has 198 valence electrons. The Hall–Kier alpha value is -3.36. The van der Waals surface area contributed by atoms with Crippen molar-refractivity contribution in [2.45, 2.75) is 64.6 Å². The van der Waals surface area contributed by atoms with E-state index in [1.807, 2.05) is 0 Å². The molecule has 1 aliphatic carbocycles. The van der Waals surface area contributed by atoms with Gasteiger partial charge < -0.3 is 16.0 Å². The molecule has 0 saturated heterocycles. The number of aromatic nitrogens is 2. The van der Waals surface area contributed by atoms with Gasteiger partial charge in [0.25, 0.3) is 0 Å². The number of hydrogen-bond donors (Lipinski definition) is 2. The Morgan fingerprint density at radius 3 is 2.35 bits per heavy atom. The van der Waals surface area contributed by atoms with Crippen molar-refractivity contribution < 1.29 is 18.0 Å². The van der Waals surface area contributed by atoms with E-state index in [1.165, 1.54) is 5.56 Å². The molecule has 37 heavy (non-hydrogen) atoms. The van der Waals surface area contributed by atoms with Crippen LogP contribution in [0, 0.1) is 19.8 Å². The van der Waals surface area contributed by atoms with E-state index in [9.17, 15) is 18.0 Å². The number of carbonyl (C=O) groups is 1. The van der Waals surface area contributed by atoms with Gasteiger partial charge in [-0.05, 0) is 99.4 Å². The predicted octanol–water partition coefficient (Wildman–Crippen LogP) is 6.38. The Labute approximate surface area is 215 Å². The Morgan fingerprint density at radius 1 is 1.05 bits per heavy atom. The molecule has 3 N–H and O–H groups in total. The first-order valence-corrected chi connectivity index (χ1v) is 12.6. The summed E-state index contributed by atoms with van der Waals surface area (Å²) in [6.45, 7) is 5.66. The van der Waals surface area contributed by atoms with Crippen molar-refractivity contribution in [3.63, 3.8) is 0 Å². The van der Waals surface area contributed by atoms with Gasteiger partial charge in [-0.2, -0.15) is 13.2 Å². The van der Waals surface area contributed by atoms with E-state index in [0.29, 0.717) is 23.1 Å². The van der Waals surface area contributed by atoms with Gasteiger partial charge in [0.2, 0.25) is 5.91 Å². The summed E-state index contributed by atoms with van der Waals surface area (Å²) in [5.74, 6) is 1.72. The van der Waals surface area contributed by atoms with Crippen LogP contribution in [0.2, 0.25) is 0 Å². The van der Waals surface area contributed by atoms with Crippen LogP contribution in [-0.4, -0.2) is 34.9 Å². The van der Waals surface area contributed by atoms with E-state index in [4.69, 9.17) is 5.73 Å². The van der Waals surface area contributed by atoms with Crippen LogP contribution in [0.5, 0.6) is 0 Å². The second kappa shape index (κ2) is 10.2. The summed E-state index contributed by atoms with van der Waals surface area (Å²) in [7, 11) is 3.60. The van der Waals surface area contributed by atoms with Gasteiger partial charge in [-0.1, -0.05) is 0 Å². The summed E-state index contributed by atoms with van der Waals surface area (Å²) >= 11 is 0. The van der Waals surface area contributed by atoms with E-state index in [-0.39, 0.29) is 17.5 Å². The Balaban J connectivity index is 1.65. The van der Waals surface area contributed by atoms with Gasteiger partial charge in [0.1, 0.15) is 11.6 Å². The van der Waals surface area contributed by atoms with Crippen LogP contribution in [0.4, 0.5) is 24.7 Å². The highest BCUT2D eigenvalue weighted by Gasteiger charge is 2.32. The largest absolute Gasteiger partial charge is 0.416 e. The van der Waals surface area contributed by atoms with E-state index in [2.05, 4.69) is 34.3 Å². The highest BCUT2D eigenvalue weighted by Crippen LogP contribution is 2.40. The van der Waals surface area contributed by atoms with E-state index in [1.54, 1.807) is 38.9 Å². The average molecular weight is 514 g/mol. The van der Waals surface area contributed by atoms with Crippen LogP contribution < -0.4 is 11.1 Å². The first kappa shape index (κ1) is 26.7. The molecule has 0 radical (unpaired) electrons. The van der Waals surface area contributed by atoms with Crippen LogP contribution in [-0.2, 0) is 11.0 Å². The minimum absolute atomic E-state index is 0.0588. The summed E-state index contributed by atoms with van der Waals surface area (Å²) in [5.41, 5.74) is 8.62. The zero-order valence-corrected chi connectivity index (χ0v) is 21.9. The number of amides is 1. The van der Waals surface area contributed by atoms with Gasteiger partial charge in [0.05, 0.1) is 17.1 Å². The summed E-state index contributed by atoms with van der Waals surface area (Å²) in [6.07, 6.45) is -0.937. The molecule has 1 amide bonds. The zero-order valence-electron chi connectivity index (χ0n) is 21.9. The molecule has 3 aromatic rings. The number of nitrogens with two attached hydrogens (primary N) is 1. The number of halogens is 3. The molecular weight excluding hydrogens is 479 g/mol. The highest BCUT2D eigenvalue weighted by atomic mass is 19.4. The van der Waals surface area contributed by atoms with Gasteiger partial charge in [-0.25, -0.2) is 9.97 Å². The maximum Gasteiger partial charge on any atom is 0.416 e. The van der Waals surface area contributed by atoms with Crippen LogP contribution >= 0.6 is 0 Å². The number of aryl methyl sites for hydroxylation is 2. The summed E-state index contributed by atoms with van der Waals surface area (Å²) in [4.78, 5) is 23.3. The predicted molar refractivity (Wildman–Crippen MR) is 140 cm³/mol. The first-order chi connectivity index (χ1) is 17.3. The quantitative estimate of drug-likeness (QED) is 0.387. The monoisotopic (exact) mass is 513 g/mol. The molecule has 1 aliphatic rings. The van der Waals surface area contributed by atoms with E-state index >= 15 is 0 Å². The minimum Gasteiger partial charge on any atom is -0.399 e. The second-order valence-electron chi connectivity index (χ2n) is 10.4. The Kier molecular flexibility index (Phi) is 7.35. The molecule has 0 aliphatic heterocycles. The number of alkyl halides is 3. The molecule has 6 nitrogen and oxygen atoms in total. The highest BCUT2D eigenvalue weighted by molar-refractivity contribution is 5.90. The molecule has 1 atom stereocenters. The van der Waals surface area contributed by atoms with Crippen molar-refractivity contribution in [3.8, 4) is 0 Å².